The van der Waals surface area contributed by atoms with Crippen LogP contribution >= 0.6 is 0 Å². The van der Waals surface area contributed by atoms with Crippen LogP contribution in [0.1, 0.15) is 62.4 Å². The lowest BCUT2D eigenvalue weighted by atomic mass is 10.1. The highest BCUT2D eigenvalue weighted by molar-refractivity contribution is 6.02. The van der Waals surface area contributed by atoms with Gasteiger partial charge in [0.25, 0.3) is 0 Å². The van der Waals surface area contributed by atoms with Crippen LogP contribution in [0, 0.1) is 0 Å². The van der Waals surface area contributed by atoms with Crippen molar-refractivity contribution in [1.82, 2.24) is 0 Å². The molecule has 0 saturated heterocycles. The number of fused-ring (bicyclic) bond motifs is 2. The van der Waals surface area contributed by atoms with Gasteiger partial charge in [0.1, 0.15) is 11.5 Å². The number of nitrogens with one attached hydrogen (secondary N) is 1. The number of unbranched alkanes of at least 4 members (excludes halogenated alkanes) is 3. The molecule has 368 valence electrons. The molecular weight excluding hydrogens is 913 g/mol. The lowest BCUT2D eigenvalue weighted by Crippen LogP contribution is -2.21. The van der Waals surface area contributed by atoms with Crippen LogP contribution in [0.15, 0.2) is 213 Å². The van der Waals surface area contributed by atoms with Crippen molar-refractivity contribution in [3.63, 3.8) is 0 Å². The van der Waals surface area contributed by atoms with Crippen LogP contribution in [-0.4, -0.2) is 38.2 Å². The number of carbonyl (C=O) groups excluding carboxylic acids is 2. The molecule has 0 fully saturated rings. The predicted molar refractivity (Wildman–Crippen MR) is 292 cm³/mol. The second kappa shape index (κ2) is 25.3. The third-order valence-corrected chi connectivity index (χ3v) is 12.0. The van der Waals surface area contributed by atoms with Gasteiger partial charge >= 0.3 is 11.9 Å². The summed E-state index contributed by atoms with van der Waals surface area (Å²) in [5.41, 5.74) is 8.35. The number of ether oxygens (including phenoxy) is 3. The van der Waals surface area contributed by atoms with Crippen LogP contribution in [0.5, 0.6) is 11.5 Å². The van der Waals surface area contributed by atoms with Crippen molar-refractivity contribution in [1.29, 1.82) is 0 Å². The fraction of sp³-hybridized carbons (Fsp3) is 0.200. The summed E-state index contributed by atoms with van der Waals surface area (Å²) in [6.07, 6.45) is 3.56. The number of benzene rings is 8. The molecule has 8 rings (SSSR count). The number of nitrogens with zero attached hydrogens (tertiary/aromatic N) is 7. The molecule has 0 heterocycles. The summed E-state index contributed by atoms with van der Waals surface area (Å²) in [6.45, 7) is 12.9. The van der Waals surface area contributed by atoms with E-state index in [0.29, 0.717) is 59.5 Å². The molecule has 0 aromatic heterocycles. The Morgan fingerprint density at radius 1 is 0.521 bits per heavy atom. The van der Waals surface area contributed by atoms with Crippen molar-refractivity contribution >= 4 is 79.0 Å². The normalized spacial score (nSPS) is 11.4. The predicted octanol–water partition coefficient (Wildman–Crippen LogP) is 17.0. The highest BCUT2D eigenvalue weighted by Gasteiger charge is 2.12. The average Bonchev–Trinajstić information content (AvgIpc) is 3.43. The maximum atomic E-state index is 12.9. The summed E-state index contributed by atoms with van der Waals surface area (Å²) in [7, 11) is 0. The first-order valence-electron chi connectivity index (χ1n) is 24.6. The first-order chi connectivity index (χ1) is 35.7. The van der Waals surface area contributed by atoms with E-state index in [2.05, 4.69) is 69.3 Å². The topological polar surface area (TPSA) is 151 Å². The summed E-state index contributed by atoms with van der Waals surface area (Å²) < 4.78 is 16.6. The second-order valence-corrected chi connectivity index (χ2v) is 17.2. The summed E-state index contributed by atoms with van der Waals surface area (Å²) >= 11 is 0. The summed E-state index contributed by atoms with van der Waals surface area (Å²) in [4.78, 5) is 26.7. The van der Waals surface area contributed by atoms with Crippen molar-refractivity contribution < 1.29 is 23.8 Å². The summed E-state index contributed by atoms with van der Waals surface area (Å²) in [5.74, 6) is 0.328. The largest absolute Gasteiger partial charge is 0.494 e. The molecule has 13 nitrogen and oxygen atoms in total. The van der Waals surface area contributed by atoms with E-state index in [9.17, 15) is 9.59 Å². The van der Waals surface area contributed by atoms with E-state index in [-0.39, 0.29) is 5.97 Å². The number of esters is 2. The molecule has 0 saturated carbocycles. The zero-order valence-electron chi connectivity index (χ0n) is 41.4. The van der Waals surface area contributed by atoms with Crippen molar-refractivity contribution in [2.24, 2.45) is 30.7 Å². The van der Waals surface area contributed by atoms with Crippen molar-refractivity contribution in [2.75, 3.05) is 36.5 Å². The molecule has 8 aromatic carbocycles. The highest BCUT2D eigenvalue weighted by Crippen LogP contribution is 2.38. The van der Waals surface area contributed by atoms with E-state index >= 15 is 0 Å². The number of azo groups is 3. The maximum absolute atomic E-state index is 12.9. The van der Waals surface area contributed by atoms with Crippen molar-refractivity contribution in [3.8, 4) is 11.5 Å². The highest BCUT2D eigenvalue weighted by atomic mass is 16.5. The second-order valence-electron chi connectivity index (χ2n) is 17.2. The average molecular weight is 971 g/mol. The van der Waals surface area contributed by atoms with E-state index in [1.807, 2.05) is 115 Å². The lowest BCUT2D eigenvalue weighted by molar-refractivity contribution is -0.139. The lowest BCUT2D eigenvalue weighted by Gasteiger charge is -2.20. The Morgan fingerprint density at radius 2 is 1.00 bits per heavy atom. The minimum Gasteiger partial charge on any atom is -0.494 e. The van der Waals surface area contributed by atoms with Crippen LogP contribution in [0.3, 0.4) is 0 Å². The van der Waals surface area contributed by atoms with Crippen LogP contribution in [0.25, 0.3) is 21.5 Å². The van der Waals surface area contributed by atoms with E-state index < -0.39 is 5.97 Å². The maximum Gasteiger partial charge on any atom is 0.343 e. The summed E-state index contributed by atoms with van der Waals surface area (Å²) in [6, 6.07) is 53.9. The molecule has 73 heavy (non-hydrogen) atoms. The van der Waals surface area contributed by atoms with Crippen LogP contribution in [0.4, 0.5) is 45.5 Å². The number of hydrogen-bond donors (Lipinski definition) is 1. The van der Waals surface area contributed by atoms with E-state index in [1.54, 1.807) is 43.3 Å². The molecule has 1 N–H and O–H groups in total. The van der Waals surface area contributed by atoms with Gasteiger partial charge in [-0.1, -0.05) is 67.2 Å². The SMILES string of the molecule is C=C(C)C(=O)OCCCCCCOc1ccc(C(=O)Oc2ccc(CNc3ccc(N=Nc4ccc(N=Nc5ccc(N=Nc6ccc(N(CC)CC)cc6)cc5)c5ccccc45)c4ccccc34)cc2)cc1. The molecule has 0 aliphatic heterocycles. The zero-order chi connectivity index (χ0) is 50.8. The Bertz CT molecular complexity index is 3240. The van der Waals surface area contributed by atoms with Gasteiger partial charge in [-0.05, 0) is 161 Å². The van der Waals surface area contributed by atoms with Gasteiger partial charge in [0.15, 0.2) is 0 Å². The van der Waals surface area contributed by atoms with E-state index in [0.717, 1.165) is 88.6 Å². The number of rotatable bonds is 23. The molecule has 0 spiro atoms. The Balaban J connectivity index is 0.831. The first kappa shape index (κ1) is 50.5. The van der Waals surface area contributed by atoms with Gasteiger partial charge < -0.3 is 24.4 Å². The number of carbonyl (C=O) groups is 2. The molecule has 0 aliphatic rings. The monoisotopic (exact) mass is 970 g/mol. The molecule has 0 aliphatic carbocycles. The quantitative estimate of drug-likeness (QED) is 0.0220. The van der Waals surface area contributed by atoms with Gasteiger partial charge in [-0.2, -0.15) is 15.3 Å². The van der Waals surface area contributed by atoms with Gasteiger partial charge in [0, 0.05) is 58.1 Å². The molecule has 13 heteroatoms. The Morgan fingerprint density at radius 3 is 1.56 bits per heavy atom. The molecule has 0 bridgehead atoms. The smallest absolute Gasteiger partial charge is 0.343 e. The Kier molecular flexibility index (Phi) is 17.5. The van der Waals surface area contributed by atoms with Gasteiger partial charge in [0.05, 0.1) is 52.9 Å². The number of hydrogen-bond acceptors (Lipinski definition) is 13. The van der Waals surface area contributed by atoms with Crippen LogP contribution < -0.4 is 19.7 Å². The minimum absolute atomic E-state index is 0.350. The van der Waals surface area contributed by atoms with Crippen LogP contribution in [0.2, 0.25) is 0 Å². The molecule has 8 aromatic rings. The minimum atomic E-state index is -0.451. The van der Waals surface area contributed by atoms with Crippen molar-refractivity contribution in [2.45, 2.75) is 53.0 Å². The summed E-state index contributed by atoms with van der Waals surface area (Å²) in [5, 5.41) is 34.8. The fourth-order valence-electron chi connectivity index (χ4n) is 7.97. The molecule has 0 atom stereocenters. The van der Waals surface area contributed by atoms with Gasteiger partial charge in [0.2, 0.25) is 0 Å². The van der Waals surface area contributed by atoms with E-state index in [1.165, 1.54) is 5.69 Å². The Hall–Kier alpha value is -8.84. The standard InChI is InChI=1S/C60H58N8O5/c1-5-68(6-2)48-29-27-47(28-30-48)63-62-45-23-25-46(26-24-45)64-65-56-37-38-58(54-18-12-11-17-53(54)56)67-66-57-36-35-55(51-15-9-10-16-52(51)57)61-41-43-19-31-50(32-20-43)73-60(70)44-21-33-49(34-22-44)71-39-13-7-8-14-40-72-59(69)42(3)4/h9-12,15-38,61H,3,5-8,13-14,39-41H2,1-2,4H3. The third-order valence-electron chi connectivity index (χ3n) is 12.0. The fourth-order valence-corrected chi connectivity index (χ4v) is 7.97. The molecule has 0 radical (unpaired) electrons. The number of anilines is 2. The Labute approximate surface area is 426 Å². The van der Waals surface area contributed by atoms with Gasteiger partial charge in [-0.25, -0.2) is 9.59 Å². The molecule has 0 unspecified atom stereocenters. The van der Waals surface area contributed by atoms with Crippen LogP contribution in [-0.2, 0) is 16.1 Å². The van der Waals surface area contributed by atoms with E-state index in [4.69, 9.17) is 24.4 Å². The molecular formula is C60H58N8O5. The zero-order valence-corrected chi connectivity index (χ0v) is 41.4. The molecule has 0 amide bonds. The van der Waals surface area contributed by atoms with Gasteiger partial charge in [-0.15, -0.1) is 15.3 Å². The van der Waals surface area contributed by atoms with Gasteiger partial charge in [-0.3, -0.25) is 0 Å². The first-order valence-corrected chi connectivity index (χ1v) is 24.6. The van der Waals surface area contributed by atoms with Crippen molar-refractivity contribution in [3.05, 3.63) is 193 Å². The third kappa shape index (κ3) is 13.9.